The molecule has 0 bridgehead atoms. The number of nitrogens with one attached hydrogen (secondary N) is 2. The van der Waals surface area contributed by atoms with Crippen LogP contribution >= 0.6 is 15.9 Å². The van der Waals surface area contributed by atoms with E-state index in [1.807, 2.05) is 53.1 Å². The number of carbonyl (C=O) groups excluding carboxylic acids is 2. The smallest absolute Gasteiger partial charge is 0.244 e. The maximum absolute atomic E-state index is 12.6. The third-order valence-corrected chi connectivity index (χ3v) is 5.23. The molecule has 6 nitrogen and oxygen atoms in total. The molecule has 2 aromatic carbocycles. The molecule has 1 saturated carbocycles. The van der Waals surface area contributed by atoms with Gasteiger partial charge in [-0.05, 0) is 43.2 Å². The van der Waals surface area contributed by atoms with Gasteiger partial charge in [0, 0.05) is 29.0 Å². The summed E-state index contributed by atoms with van der Waals surface area (Å²) in [5.74, 6) is 0.982. The Morgan fingerprint density at radius 2 is 1.96 bits per heavy atom. The SMILES string of the molecule is O=C(Cn1c(CCNC(=O)C2CC2)nc2ccccc21)Nc1cccc(Br)c1. The van der Waals surface area contributed by atoms with Gasteiger partial charge in [0.15, 0.2) is 0 Å². The van der Waals surface area contributed by atoms with Gasteiger partial charge in [-0.3, -0.25) is 9.59 Å². The Kier molecular flexibility index (Phi) is 5.43. The Morgan fingerprint density at radius 3 is 2.75 bits per heavy atom. The Balaban J connectivity index is 1.49. The van der Waals surface area contributed by atoms with Crippen LogP contribution in [0.3, 0.4) is 0 Å². The molecule has 144 valence electrons. The first-order chi connectivity index (χ1) is 13.6. The van der Waals surface area contributed by atoms with Crippen LogP contribution in [0, 0.1) is 5.92 Å². The number of aromatic nitrogens is 2. The number of hydrogen-bond donors (Lipinski definition) is 2. The molecule has 3 aromatic rings. The largest absolute Gasteiger partial charge is 0.355 e. The Hall–Kier alpha value is -2.67. The highest BCUT2D eigenvalue weighted by Gasteiger charge is 2.29. The minimum atomic E-state index is -0.121. The third-order valence-electron chi connectivity index (χ3n) is 4.74. The minimum Gasteiger partial charge on any atom is -0.355 e. The van der Waals surface area contributed by atoms with Gasteiger partial charge in [0.05, 0.1) is 11.0 Å². The molecule has 0 spiro atoms. The molecule has 0 unspecified atom stereocenters. The average molecular weight is 441 g/mol. The van der Waals surface area contributed by atoms with Gasteiger partial charge >= 0.3 is 0 Å². The minimum absolute atomic E-state index is 0.120. The molecule has 1 aliphatic rings. The monoisotopic (exact) mass is 440 g/mol. The van der Waals surface area contributed by atoms with Crippen LogP contribution in [0.2, 0.25) is 0 Å². The van der Waals surface area contributed by atoms with Crippen LogP contribution < -0.4 is 10.6 Å². The lowest BCUT2D eigenvalue weighted by Crippen LogP contribution is -2.28. The molecule has 2 N–H and O–H groups in total. The van der Waals surface area contributed by atoms with Gasteiger partial charge in [0.2, 0.25) is 11.8 Å². The summed E-state index contributed by atoms with van der Waals surface area (Å²) in [5.41, 5.74) is 2.50. The second-order valence-electron chi connectivity index (χ2n) is 6.98. The molecule has 1 fully saturated rings. The van der Waals surface area contributed by atoms with Crippen molar-refractivity contribution in [3.8, 4) is 0 Å². The number of hydrogen-bond acceptors (Lipinski definition) is 3. The van der Waals surface area contributed by atoms with Crippen molar-refractivity contribution in [2.24, 2.45) is 5.92 Å². The first-order valence-corrected chi connectivity index (χ1v) is 10.2. The highest BCUT2D eigenvalue weighted by Crippen LogP contribution is 2.28. The molecule has 1 heterocycles. The molecule has 0 saturated heterocycles. The second-order valence-corrected chi connectivity index (χ2v) is 7.89. The molecule has 0 aliphatic heterocycles. The second kappa shape index (κ2) is 8.14. The first-order valence-electron chi connectivity index (χ1n) is 9.37. The van der Waals surface area contributed by atoms with E-state index in [2.05, 4.69) is 31.5 Å². The summed E-state index contributed by atoms with van der Waals surface area (Å²) in [6.07, 6.45) is 2.55. The lowest BCUT2D eigenvalue weighted by molar-refractivity contribution is -0.122. The van der Waals surface area contributed by atoms with Crippen LogP contribution in [0.1, 0.15) is 18.7 Å². The number of anilines is 1. The van der Waals surface area contributed by atoms with Crippen LogP contribution in [0.4, 0.5) is 5.69 Å². The molecule has 0 atom stereocenters. The zero-order valence-corrected chi connectivity index (χ0v) is 16.9. The molecule has 7 heteroatoms. The van der Waals surface area contributed by atoms with Gasteiger partial charge in [0.1, 0.15) is 12.4 Å². The van der Waals surface area contributed by atoms with E-state index in [9.17, 15) is 9.59 Å². The molecule has 4 rings (SSSR count). The summed E-state index contributed by atoms with van der Waals surface area (Å²) in [4.78, 5) is 29.1. The number of amides is 2. The van der Waals surface area contributed by atoms with Crippen LogP contribution in [-0.4, -0.2) is 27.9 Å². The third kappa shape index (κ3) is 4.42. The zero-order chi connectivity index (χ0) is 19.5. The van der Waals surface area contributed by atoms with Gasteiger partial charge in [-0.1, -0.05) is 34.1 Å². The van der Waals surface area contributed by atoms with Gasteiger partial charge in [0.25, 0.3) is 0 Å². The predicted octanol–water partition coefficient (Wildman–Crippen LogP) is 3.51. The number of carbonyl (C=O) groups is 2. The Bertz CT molecular complexity index is 1030. The lowest BCUT2D eigenvalue weighted by atomic mass is 10.3. The lowest BCUT2D eigenvalue weighted by Gasteiger charge is -2.11. The summed E-state index contributed by atoms with van der Waals surface area (Å²) >= 11 is 3.41. The fourth-order valence-corrected chi connectivity index (χ4v) is 3.59. The maximum atomic E-state index is 12.6. The van der Waals surface area contributed by atoms with Gasteiger partial charge in [-0.15, -0.1) is 0 Å². The van der Waals surface area contributed by atoms with Crippen molar-refractivity contribution in [1.82, 2.24) is 14.9 Å². The van der Waals surface area contributed by atoms with Crippen molar-refractivity contribution >= 4 is 44.5 Å². The van der Waals surface area contributed by atoms with Gasteiger partial charge in [-0.25, -0.2) is 4.98 Å². The number of nitrogens with zero attached hydrogens (tertiary/aromatic N) is 2. The Labute approximate surface area is 171 Å². The highest BCUT2D eigenvalue weighted by atomic mass is 79.9. The molecule has 28 heavy (non-hydrogen) atoms. The quantitative estimate of drug-likeness (QED) is 0.589. The average Bonchev–Trinajstić information content (AvgIpc) is 3.46. The van der Waals surface area contributed by atoms with Crippen LogP contribution in [0.15, 0.2) is 53.0 Å². The van der Waals surface area contributed by atoms with Crippen molar-refractivity contribution in [1.29, 1.82) is 0 Å². The van der Waals surface area contributed by atoms with Gasteiger partial charge < -0.3 is 15.2 Å². The van der Waals surface area contributed by atoms with Gasteiger partial charge in [-0.2, -0.15) is 0 Å². The molecule has 0 radical (unpaired) electrons. The van der Waals surface area contributed by atoms with Crippen molar-refractivity contribution in [2.45, 2.75) is 25.8 Å². The number of halogens is 1. The maximum Gasteiger partial charge on any atom is 0.244 e. The van der Waals surface area contributed by atoms with Crippen LogP contribution in [0.25, 0.3) is 11.0 Å². The number of benzene rings is 2. The van der Waals surface area contributed by atoms with E-state index < -0.39 is 0 Å². The molecular weight excluding hydrogens is 420 g/mol. The van der Waals surface area contributed by atoms with Crippen LogP contribution in [-0.2, 0) is 22.6 Å². The number of fused-ring (bicyclic) bond motifs is 1. The van der Waals surface area contributed by atoms with Crippen molar-refractivity contribution in [3.05, 3.63) is 58.8 Å². The van der Waals surface area contributed by atoms with E-state index in [1.54, 1.807) is 0 Å². The highest BCUT2D eigenvalue weighted by molar-refractivity contribution is 9.10. The van der Waals surface area contributed by atoms with E-state index in [0.717, 1.165) is 39.9 Å². The zero-order valence-electron chi connectivity index (χ0n) is 15.3. The van der Waals surface area contributed by atoms with E-state index in [-0.39, 0.29) is 24.3 Å². The Morgan fingerprint density at radius 1 is 1.14 bits per heavy atom. The predicted molar refractivity (Wildman–Crippen MR) is 112 cm³/mol. The summed E-state index contributed by atoms with van der Waals surface area (Å²) in [7, 11) is 0. The molecular formula is C21H21BrN4O2. The fraction of sp³-hybridized carbons (Fsp3) is 0.286. The summed E-state index contributed by atoms with van der Waals surface area (Å²) in [6.45, 7) is 0.685. The van der Waals surface area contributed by atoms with E-state index in [1.165, 1.54) is 0 Å². The summed E-state index contributed by atoms with van der Waals surface area (Å²) in [5, 5.41) is 5.89. The number of rotatable bonds is 7. The topological polar surface area (TPSA) is 76.0 Å². The first kappa shape index (κ1) is 18.7. The summed E-state index contributed by atoms with van der Waals surface area (Å²) in [6, 6.07) is 15.3. The molecule has 1 aliphatic carbocycles. The number of imidazole rings is 1. The fourth-order valence-electron chi connectivity index (χ4n) is 3.19. The van der Waals surface area contributed by atoms with E-state index in [0.29, 0.717) is 13.0 Å². The summed E-state index contributed by atoms with van der Waals surface area (Å²) < 4.78 is 2.83. The normalized spacial score (nSPS) is 13.5. The standard InChI is InChI=1S/C21H21BrN4O2/c22-15-4-3-5-16(12-15)24-20(27)13-26-18-7-2-1-6-17(18)25-19(26)10-11-23-21(28)14-8-9-14/h1-7,12,14H,8-11,13H2,(H,23,28)(H,24,27). The molecule has 1 aromatic heterocycles. The number of para-hydroxylation sites is 2. The van der Waals surface area contributed by atoms with E-state index >= 15 is 0 Å². The van der Waals surface area contributed by atoms with Crippen molar-refractivity contribution < 1.29 is 9.59 Å². The molecule has 2 amide bonds. The van der Waals surface area contributed by atoms with Crippen LogP contribution in [0.5, 0.6) is 0 Å². The van der Waals surface area contributed by atoms with Crippen molar-refractivity contribution in [2.75, 3.05) is 11.9 Å². The van der Waals surface area contributed by atoms with E-state index in [4.69, 9.17) is 0 Å². The van der Waals surface area contributed by atoms with Crippen molar-refractivity contribution in [3.63, 3.8) is 0 Å².